The van der Waals surface area contributed by atoms with E-state index in [0.717, 1.165) is 32.1 Å². The van der Waals surface area contributed by atoms with Gasteiger partial charge in [-0.2, -0.15) is 0 Å². The molecule has 0 spiro atoms. The molecule has 0 aliphatic carbocycles. The predicted octanol–water partition coefficient (Wildman–Crippen LogP) is 9.76. The molecule has 0 rings (SSSR count). The van der Waals surface area contributed by atoms with E-state index in [1.807, 2.05) is 0 Å². The van der Waals surface area contributed by atoms with Gasteiger partial charge >= 0.3 is 13.6 Å². The van der Waals surface area contributed by atoms with E-state index in [2.05, 4.69) is 31.4 Å². The van der Waals surface area contributed by atoms with Crippen LogP contribution in [-0.2, 0) is 13.6 Å². The summed E-state index contributed by atoms with van der Waals surface area (Å²) < 4.78 is 24.1. The standard InChI is InChI=1S/C30H63N2O4P/c1-4-7-10-11-12-13-14-15-16-17-18-19-20-21-22-23-25-31-30(33)32-26-24-29-37(34,35-27-8-5-2)36-28-9-6-3/h4-29H2,1-3H3,(H2,31,32,33). The molecule has 2 N–H and O–H groups in total. The summed E-state index contributed by atoms with van der Waals surface area (Å²) in [6.07, 6.45) is 26.3. The highest BCUT2D eigenvalue weighted by atomic mass is 31.2. The maximum Gasteiger partial charge on any atom is 0.330 e. The number of hydrogen-bond acceptors (Lipinski definition) is 4. The van der Waals surface area contributed by atoms with Crippen LogP contribution in [0.25, 0.3) is 0 Å². The van der Waals surface area contributed by atoms with E-state index in [1.54, 1.807) is 0 Å². The lowest BCUT2D eigenvalue weighted by Crippen LogP contribution is -2.36. The Bertz CT molecular complexity index is 520. The molecule has 0 unspecified atom stereocenters. The van der Waals surface area contributed by atoms with E-state index < -0.39 is 7.60 Å². The molecule has 0 heterocycles. The Balaban J connectivity index is 3.54. The van der Waals surface area contributed by atoms with Gasteiger partial charge in [0.1, 0.15) is 0 Å². The van der Waals surface area contributed by atoms with E-state index in [4.69, 9.17) is 9.05 Å². The average molecular weight is 547 g/mol. The molecular weight excluding hydrogens is 483 g/mol. The quantitative estimate of drug-likeness (QED) is 0.0723. The normalized spacial score (nSPS) is 11.6. The Hall–Kier alpha value is -0.580. The molecule has 0 aromatic carbocycles. The van der Waals surface area contributed by atoms with E-state index in [0.29, 0.717) is 38.9 Å². The van der Waals surface area contributed by atoms with Gasteiger partial charge in [-0.3, -0.25) is 4.57 Å². The van der Waals surface area contributed by atoms with E-state index in [1.165, 1.54) is 96.3 Å². The highest BCUT2D eigenvalue weighted by molar-refractivity contribution is 7.53. The van der Waals surface area contributed by atoms with Gasteiger partial charge in [0.25, 0.3) is 0 Å². The summed E-state index contributed by atoms with van der Waals surface area (Å²) in [5.74, 6) is 0. The van der Waals surface area contributed by atoms with Crippen molar-refractivity contribution in [3.05, 3.63) is 0 Å². The molecule has 6 nitrogen and oxygen atoms in total. The van der Waals surface area contributed by atoms with Crippen LogP contribution < -0.4 is 10.6 Å². The lowest BCUT2D eigenvalue weighted by atomic mass is 10.0. The van der Waals surface area contributed by atoms with Crippen molar-refractivity contribution in [1.29, 1.82) is 0 Å². The number of rotatable bonds is 29. The summed E-state index contributed by atoms with van der Waals surface area (Å²) in [7, 11) is -3.07. The average Bonchev–Trinajstić information content (AvgIpc) is 2.89. The van der Waals surface area contributed by atoms with Crippen LogP contribution in [0, 0.1) is 0 Å². The highest BCUT2D eigenvalue weighted by Crippen LogP contribution is 2.48. The number of carbonyl (C=O) groups excluding carboxylic acids is 1. The molecule has 2 amide bonds. The number of urea groups is 1. The zero-order valence-electron chi connectivity index (χ0n) is 25.0. The van der Waals surface area contributed by atoms with E-state index in [9.17, 15) is 9.36 Å². The van der Waals surface area contributed by atoms with E-state index >= 15 is 0 Å². The monoisotopic (exact) mass is 546 g/mol. The van der Waals surface area contributed by atoms with Gasteiger partial charge < -0.3 is 19.7 Å². The van der Waals surface area contributed by atoms with Crippen LogP contribution in [0.5, 0.6) is 0 Å². The second-order valence-corrected chi connectivity index (χ2v) is 12.7. The lowest BCUT2D eigenvalue weighted by Gasteiger charge is -2.18. The molecule has 0 aromatic rings. The van der Waals surface area contributed by atoms with Gasteiger partial charge in [-0.25, -0.2) is 4.79 Å². The molecule has 0 radical (unpaired) electrons. The third kappa shape index (κ3) is 26.8. The molecule has 0 bridgehead atoms. The number of nitrogens with one attached hydrogen (secondary N) is 2. The second kappa shape index (κ2) is 28.4. The minimum atomic E-state index is -3.07. The molecule has 37 heavy (non-hydrogen) atoms. The first-order valence-electron chi connectivity index (χ1n) is 16.0. The van der Waals surface area contributed by atoms with Gasteiger partial charge in [0.15, 0.2) is 0 Å². The molecule has 0 aromatic heterocycles. The summed E-state index contributed by atoms with van der Waals surface area (Å²) >= 11 is 0. The minimum absolute atomic E-state index is 0.144. The zero-order valence-corrected chi connectivity index (χ0v) is 25.9. The number of amides is 2. The maximum atomic E-state index is 12.9. The van der Waals surface area contributed by atoms with Crippen molar-refractivity contribution < 1.29 is 18.4 Å². The predicted molar refractivity (Wildman–Crippen MR) is 160 cm³/mol. The lowest BCUT2D eigenvalue weighted by molar-refractivity contribution is 0.199. The van der Waals surface area contributed by atoms with Crippen LogP contribution in [0.4, 0.5) is 4.79 Å². The fraction of sp³-hybridized carbons (Fsp3) is 0.967. The molecule has 222 valence electrons. The van der Waals surface area contributed by atoms with Crippen LogP contribution >= 0.6 is 7.60 Å². The van der Waals surface area contributed by atoms with Crippen molar-refractivity contribution >= 4 is 13.6 Å². The highest BCUT2D eigenvalue weighted by Gasteiger charge is 2.23. The largest absolute Gasteiger partial charge is 0.338 e. The fourth-order valence-electron chi connectivity index (χ4n) is 4.27. The molecule has 0 aliphatic heterocycles. The molecule has 0 fully saturated rings. The summed E-state index contributed by atoms with van der Waals surface area (Å²) in [4.78, 5) is 12.0. The fourth-order valence-corrected chi connectivity index (χ4v) is 5.97. The van der Waals surface area contributed by atoms with E-state index in [-0.39, 0.29) is 6.03 Å². The third-order valence-electron chi connectivity index (χ3n) is 6.78. The Morgan fingerprint density at radius 1 is 0.514 bits per heavy atom. The van der Waals surface area contributed by atoms with Gasteiger partial charge in [0.2, 0.25) is 0 Å². The smallest absolute Gasteiger partial charge is 0.330 e. The molecule has 0 aliphatic rings. The Morgan fingerprint density at radius 2 is 0.865 bits per heavy atom. The van der Waals surface area contributed by atoms with Crippen LogP contribution in [0.2, 0.25) is 0 Å². The topological polar surface area (TPSA) is 76.7 Å². The van der Waals surface area contributed by atoms with Gasteiger partial charge in [-0.15, -0.1) is 0 Å². The maximum absolute atomic E-state index is 12.9. The SMILES string of the molecule is CCCCCCCCCCCCCCCCCCNC(=O)NCCCP(=O)(OCCCC)OCCCC. The summed E-state index contributed by atoms with van der Waals surface area (Å²) in [5, 5.41) is 5.79. The zero-order chi connectivity index (χ0) is 27.3. The first-order chi connectivity index (χ1) is 18.1. The molecule has 0 saturated heterocycles. The van der Waals surface area contributed by atoms with Crippen molar-refractivity contribution in [2.75, 3.05) is 32.5 Å². The first-order valence-corrected chi connectivity index (χ1v) is 17.7. The van der Waals surface area contributed by atoms with Gasteiger partial charge in [-0.05, 0) is 25.7 Å². The summed E-state index contributed by atoms with van der Waals surface area (Å²) in [6, 6.07) is -0.144. The number of carbonyl (C=O) groups is 1. The summed E-state index contributed by atoms with van der Waals surface area (Å²) in [6.45, 7) is 8.55. The van der Waals surface area contributed by atoms with Gasteiger partial charge in [0.05, 0.1) is 19.4 Å². The van der Waals surface area contributed by atoms with Crippen LogP contribution in [0.1, 0.15) is 156 Å². The van der Waals surface area contributed by atoms with Crippen LogP contribution in [0.3, 0.4) is 0 Å². The minimum Gasteiger partial charge on any atom is -0.338 e. The van der Waals surface area contributed by atoms with Crippen molar-refractivity contribution in [1.82, 2.24) is 10.6 Å². The van der Waals surface area contributed by atoms with Gasteiger partial charge in [-0.1, -0.05) is 130 Å². The van der Waals surface area contributed by atoms with Crippen molar-refractivity contribution in [3.63, 3.8) is 0 Å². The molecule has 0 atom stereocenters. The molecule has 7 heteroatoms. The Morgan fingerprint density at radius 3 is 1.27 bits per heavy atom. The Kier molecular flexibility index (Phi) is 28.0. The molecule has 0 saturated carbocycles. The van der Waals surface area contributed by atoms with Crippen molar-refractivity contribution in [2.24, 2.45) is 0 Å². The first kappa shape index (κ1) is 36.4. The van der Waals surface area contributed by atoms with Gasteiger partial charge in [0, 0.05) is 13.1 Å². The number of hydrogen-bond donors (Lipinski definition) is 2. The van der Waals surface area contributed by atoms with Crippen LogP contribution in [0.15, 0.2) is 0 Å². The van der Waals surface area contributed by atoms with Crippen LogP contribution in [-0.4, -0.2) is 38.5 Å². The summed E-state index contributed by atoms with van der Waals surface area (Å²) in [5.41, 5.74) is 0. The second-order valence-electron chi connectivity index (χ2n) is 10.5. The third-order valence-corrected chi connectivity index (χ3v) is 8.80. The van der Waals surface area contributed by atoms with Crippen molar-refractivity contribution in [3.8, 4) is 0 Å². The Labute approximate surface area is 230 Å². The van der Waals surface area contributed by atoms with Crippen molar-refractivity contribution in [2.45, 2.75) is 156 Å². The molecular formula is C30H63N2O4P. The number of unbranched alkanes of at least 4 members (excludes halogenated alkanes) is 17.